The van der Waals surface area contributed by atoms with E-state index < -0.39 is 0 Å². The lowest BCUT2D eigenvalue weighted by atomic mass is 9.93. The molecular weight excluding hydrogens is 196 g/mol. The van der Waals surface area contributed by atoms with E-state index in [-0.39, 0.29) is 6.04 Å². The van der Waals surface area contributed by atoms with Gasteiger partial charge in [-0.15, -0.1) is 11.8 Å². The van der Waals surface area contributed by atoms with E-state index in [4.69, 9.17) is 5.84 Å². The first-order chi connectivity index (χ1) is 7.60. The molecule has 0 saturated heterocycles. The standard InChI is InChI=1S/C14H20N2/c1-5-6-7-13(16-15)14-11(3)8-10(2)9-12(14)4/h8-9,13,16H,7,15H2,1-4H3. The van der Waals surface area contributed by atoms with Crippen LogP contribution in [0.1, 0.15) is 41.6 Å². The molecule has 2 nitrogen and oxygen atoms in total. The number of nitrogens with two attached hydrogens (primary N) is 1. The van der Waals surface area contributed by atoms with E-state index in [1.807, 2.05) is 6.92 Å². The normalized spacial score (nSPS) is 11.8. The van der Waals surface area contributed by atoms with Gasteiger partial charge in [-0.1, -0.05) is 17.7 Å². The van der Waals surface area contributed by atoms with E-state index in [9.17, 15) is 0 Å². The zero-order chi connectivity index (χ0) is 12.1. The molecule has 2 heteroatoms. The number of benzene rings is 1. The Kier molecular flexibility index (Phi) is 4.54. The maximum atomic E-state index is 5.60. The van der Waals surface area contributed by atoms with Gasteiger partial charge in [-0.3, -0.25) is 11.3 Å². The quantitative estimate of drug-likeness (QED) is 0.463. The molecule has 0 saturated carbocycles. The van der Waals surface area contributed by atoms with Crippen molar-refractivity contribution in [1.82, 2.24) is 5.43 Å². The lowest BCUT2D eigenvalue weighted by Crippen LogP contribution is -2.29. The summed E-state index contributed by atoms with van der Waals surface area (Å²) in [5.74, 6) is 11.6. The minimum absolute atomic E-state index is 0.119. The van der Waals surface area contributed by atoms with Gasteiger partial charge in [0.15, 0.2) is 0 Å². The van der Waals surface area contributed by atoms with Crippen molar-refractivity contribution in [3.05, 3.63) is 34.4 Å². The predicted molar refractivity (Wildman–Crippen MR) is 68.8 cm³/mol. The number of hydrogen-bond acceptors (Lipinski definition) is 2. The van der Waals surface area contributed by atoms with Gasteiger partial charge in [0, 0.05) is 6.42 Å². The van der Waals surface area contributed by atoms with Crippen LogP contribution in [0.15, 0.2) is 12.1 Å². The van der Waals surface area contributed by atoms with Crippen LogP contribution in [0.25, 0.3) is 0 Å². The maximum absolute atomic E-state index is 5.60. The van der Waals surface area contributed by atoms with Gasteiger partial charge in [0.2, 0.25) is 0 Å². The summed E-state index contributed by atoms with van der Waals surface area (Å²) >= 11 is 0. The van der Waals surface area contributed by atoms with Crippen LogP contribution in [-0.4, -0.2) is 0 Å². The van der Waals surface area contributed by atoms with Gasteiger partial charge in [0.25, 0.3) is 0 Å². The highest BCUT2D eigenvalue weighted by Crippen LogP contribution is 2.24. The zero-order valence-electron chi connectivity index (χ0n) is 10.5. The molecular formula is C14H20N2. The minimum atomic E-state index is 0.119. The second kappa shape index (κ2) is 5.69. The van der Waals surface area contributed by atoms with Crippen LogP contribution in [0.5, 0.6) is 0 Å². The fourth-order valence-corrected chi connectivity index (χ4v) is 2.19. The van der Waals surface area contributed by atoms with Gasteiger partial charge in [-0.2, -0.15) is 0 Å². The third-order valence-corrected chi connectivity index (χ3v) is 2.77. The van der Waals surface area contributed by atoms with E-state index in [1.54, 1.807) is 0 Å². The molecule has 86 valence electrons. The number of rotatable bonds is 3. The molecule has 16 heavy (non-hydrogen) atoms. The van der Waals surface area contributed by atoms with E-state index in [0.717, 1.165) is 6.42 Å². The first kappa shape index (κ1) is 12.8. The first-order valence-corrected chi connectivity index (χ1v) is 5.53. The molecule has 1 atom stereocenters. The summed E-state index contributed by atoms with van der Waals surface area (Å²) in [5.41, 5.74) is 7.97. The molecule has 1 rings (SSSR count). The molecule has 0 fully saturated rings. The van der Waals surface area contributed by atoms with Crippen LogP contribution in [0.2, 0.25) is 0 Å². The Bertz CT molecular complexity index is 401. The largest absolute Gasteiger partial charge is 0.271 e. The van der Waals surface area contributed by atoms with Crippen LogP contribution in [-0.2, 0) is 0 Å². The van der Waals surface area contributed by atoms with Crippen LogP contribution in [0.3, 0.4) is 0 Å². The Morgan fingerprint density at radius 2 is 1.81 bits per heavy atom. The van der Waals surface area contributed by atoms with Crippen molar-refractivity contribution in [1.29, 1.82) is 0 Å². The topological polar surface area (TPSA) is 38.0 Å². The molecule has 0 spiro atoms. The number of aryl methyl sites for hydroxylation is 3. The number of nitrogens with one attached hydrogen (secondary N) is 1. The SMILES string of the molecule is CC#CCC(NN)c1c(C)cc(C)cc1C. The Morgan fingerprint density at radius 1 is 1.25 bits per heavy atom. The van der Waals surface area contributed by atoms with Gasteiger partial charge in [-0.05, 0) is 44.4 Å². The van der Waals surface area contributed by atoms with Crippen molar-refractivity contribution in [3.8, 4) is 11.8 Å². The molecule has 1 aromatic rings. The Balaban J connectivity index is 3.12. The average Bonchev–Trinajstić information content (AvgIpc) is 2.21. The third kappa shape index (κ3) is 2.85. The van der Waals surface area contributed by atoms with E-state index in [2.05, 4.69) is 50.2 Å². The van der Waals surface area contributed by atoms with Gasteiger partial charge < -0.3 is 0 Å². The summed E-state index contributed by atoms with van der Waals surface area (Å²) in [6, 6.07) is 4.49. The van der Waals surface area contributed by atoms with Crippen molar-refractivity contribution in [2.75, 3.05) is 0 Å². The summed E-state index contributed by atoms with van der Waals surface area (Å²) in [7, 11) is 0. The Hall–Kier alpha value is -1.30. The van der Waals surface area contributed by atoms with Gasteiger partial charge in [-0.25, -0.2) is 0 Å². The fraction of sp³-hybridized carbons (Fsp3) is 0.429. The summed E-state index contributed by atoms with van der Waals surface area (Å²) < 4.78 is 0. The highest BCUT2D eigenvalue weighted by molar-refractivity contribution is 5.40. The van der Waals surface area contributed by atoms with Crippen molar-refractivity contribution in [2.24, 2.45) is 5.84 Å². The molecule has 1 unspecified atom stereocenters. The van der Waals surface area contributed by atoms with Crippen molar-refractivity contribution >= 4 is 0 Å². The maximum Gasteiger partial charge on any atom is 0.0574 e. The van der Waals surface area contributed by atoms with Gasteiger partial charge in [0.1, 0.15) is 0 Å². The first-order valence-electron chi connectivity index (χ1n) is 5.53. The molecule has 0 radical (unpaired) electrons. The van der Waals surface area contributed by atoms with Crippen LogP contribution in [0, 0.1) is 32.6 Å². The van der Waals surface area contributed by atoms with Crippen LogP contribution >= 0.6 is 0 Å². The smallest absolute Gasteiger partial charge is 0.0574 e. The van der Waals surface area contributed by atoms with E-state index in [0.29, 0.717) is 0 Å². The lowest BCUT2D eigenvalue weighted by molar-refractivity contribution is 0.562. The summed E-state index contributed by atoms with van der Waals surface area (Å²) in [5, 5.41) is 0. The van der Waals surface area contributed by atoms with E-state index in [1.165, 1.54) is 22.3 Å². The average molecular weight is 216 g/mol. The summed E-state index contributed by atoms with van der Waals surface area (Å²) in [4.78, 5) is 0. The summed E-state index contributed by atoms with van der Waals surface area (Å²) in [6.07, 6.45) is 0.748. The van der Waals surface area contributed by atoms with E-state index >= 15 is 0 Å². The second-order valence-corrected chi connectivity index (χ2v) is 4.16. The van der Waals surface area contributed by atoms with Crippen LogP contribution < -0.4 is 11.3 Å². The molecule has 0 aliphatic heterocycles. The summed E-state index contributed by atoms with van der Waals surface area (Å²) in [6.45, 7) is 8.21. The molecule has 0 aromatic heterocycles. The molecule has 0 heterocycles. The molecule has 0 amide bonds. The number of hydrogen-bond donors (Lipinski definition) is 2. The fourth-order valence-electron chi connectivity index (χ4n) is 2.19. The minimum Gasteiger partial charge on any atom is -0.271 e. The zero-order valence-corrected chi connectivity index (χ0v) is 10.5. The van der Waals surface area contributed by atoms with Crippen molar-refractivity contribution < 1.29 is 0 Å². The Labute approximate surface area is 98.2 Å². The molecule has 3 N–H and O–H groups in total. The monoisotopic (exact) mass is 216 g/mol. The molecule has 1 aromatic carbocycles. The van der Waals surface area contributed by atoms with Crippen molar-refractivity contribution in [2.45, 2.75) is 40.2 Å². The predicted octanol–water partition coefficient (Wildman–Crippen LogP) is 2.53. The Morgan fingerprint density at radius 3 is 2.25 bits per heavy atom. The highest BCUT2D eigenvalue weighted by Gasteiger charge is 2.13. The second-order valence-electron chi connectivity index (χ2n) is 4.16. The van der Waals surface area contributed by atoms with Gasteiger partial charge in [0.05, 0.1) is 6.04 Å². The lowest BCUT2D eigenvalue weighted by Gasteiger charge is -2.19. The van der Waals surface area contributed by atoms with Crippen molar-refractivity contribution in [3.63, 3.8) is 0 Å². The number of hydrazine groups is 1. The highest BCUT2D eigenvalue weighted by atomic mass is 15.2. The van der Waals surface area contributed by atoms with Gasteiger partial charge >= 0.3 is 0 Å². The molecule has 0 aliphatic carbocycles. The molecule has 0 aliphatic rings. The third-order valence-electron chi connectivity index (χ3n) is 2.77. The molecule has 0 bridgehead atoms. The van der Waals surface area contributed by atoms with Crippen LogP contribution in [0.4, 0.5) is 0 Å².